The van der Waals surface area contributed by atoms with Crippen molar-refractivity contribution in [2.24, 2.45) is 0 Å². The summed E-state index contributed by atoms with van der Waals surface area (Å²) < 4.78 is 5.92. The molecule has 0 unspecified atom stereocenters. The van der Waals surface area contributed by atoms with Crippen LogP contribution in [0.4, 0.5) is 5.82 Å². The van der Waals surface area contributed by atoms with Crippen molar-refractivity contribution in [2.75, 3.05) is 11.9 Å². The largest absolute Gasteiger partial charge is 0.437 e. The molecule has 0 spiro atoms. The minimum atomic E-state index is 0.469. The Hall–Kier alpha value is -1.81. The zero-order valence-corrected chi connectivity index (χ0v) is 12.9. The molecule has 5 heteroatoms. The summed E-state index contributed by atoms with van der Waals surface area (Å²) in [5, 5.41) is 3.85. The second-order valence-electron chi connectivity index (χ2n) is 5.20. The molecule has 21 heavy (non-hydrogen) atoms. The Balaban J connectivity index is 1.98. The number of hydrogen-bond acceptors (Lipinski definition) is 4. The van der Waals surface area contributed by atoms with Crippen molar-refractivity contribution in [3.63, 3.8) is 0 Å². The standard InChI is InChI=1S/C16H18ClN3O/c1-3-18-14-10(2)16(20-15(19-14)11-8-9-11)21-13-7-5-4-6-12(13)17/h4-7,11H,3,8-9H2,1-2H3,(H,18,19,20). The van der Waals surface area contributed by atoms with Gasteiger partial charge in [0.15, 0.2) is 0 Å². The molecule has 1 fully saturated rings. The van der Waals surface area contributed by atoms with E-state index in [1.807, 2.05) is 32.0 Å². The Morgan fingerprint density at radius 3 is 2.71 bits per heavy atom. The van der Waals surface area contributed by atoms with Gasteiger partial charge in [-0.15, -0.1) is 0 Å². The van der Waals surface area contributed by atoms with Crippen molar-refractivity contribution in [1.82, 2.24) is 9.97 Å². The number of rotatable bonds is 5. The predicted octanol–water partition coefficient (Wildman–Crippen LogP) is 4.54. The van der Waals surface area contributed by atoms with Crippen LogP contribution in [0.2, 0.25) is 5.02 Å². The lowest BCUT2D eigenvalue weighted by Crippen LogP contribution is -2.07. The Morgan fingerprint density at radius 1 is 1.29 bits per heavy atom. The summed E-state index contributed by atoms with van der Waals surface area (Å²) in [5.74, 6) is 3.37. The molecule has 1 N–H and O–H groups in total. The zero-order valence-electron chi connectivity index (χ0n) is 12.2. The fourth-order valence-corrected chi connectivity index (χ4v) is 2.28. The third-order valence-electron chi connectivity index (χ3n) is 3.45. The molecule has 0 saturated heterocycles. The summed E-state index contributed by atoms with van der Waals surface area (Å²) in [6, 6.07) is 7.42. The van der Waals surface area contributed by atoms with Gasteiger partial charge >= 0.3 is 0 Å². The molecule has 1 aromatic carbocycles. The van der Waals surface area contributed by atoms with E-state index in [0.29, 0.717) is 22.6 Å². The van der Waals surface area contributed by atoms with E-state index in [1.165, 1.54) is 0 Å². The highest BCUT2D eigenvalue weighted by atomic mass is 35.5. The van der Waals surface area contributed by atoms with Crippen LogP contribution >= 0.6 is 11.6 Å². The van der Waals surface area contributed by atoms with E-state index in [0.717, 1.165) is 36.6 Å². The quantitative estimate of drug-likeness (QED) is 0.881. The van der Waals surface area contributed by atoms with E-state index in [9.17, 15) is 0 Å². The Bertz CT molecular complexity index is 656. The first-order valence-electron chi connectivity index (χ1n) is 7.23. The molecule has 1 aromatic heterocycles. The van der Waals surface area contributed by atoms with Gasteiger partial charge in [0, 0.05) is 12.5 Å². The van der Waals surface area contributed by atoms with Gasteiger partial charge in [-0.05, 0) is 38.8 Å². The van der Waals surface area contributed by atoms with E-state index in [4.69, 9.17) is 16.3 Å². The van der Waals surface area contributed by atoms with Crippen LogP contribution in [0.1, 0.15) is 37.1 Å². The highest BCUT2D eigenvalue weighted by Crippen LogP contribution is 2.40. The predicted molar refractivity (Wildman–Crippen MR) is 84.4 cm³/mol. The summed E-state index contributed by atoms with van der Waals surface area (Å²) in [6.07, 6.45) is 2.31. The Kier molecular flexibility index (Phi) is 3.97. The molecule has 0 bridgehead atoms. The molecule has 0 aliphatic heterocycles. The third-order valence-corrected chi connectivity index (χ3v) is 3.76. The number of ether oxygens (including phenoxy) is 1. The van der Waals surface area contributed by atoms with Gasteiger partial charge in [-0.1, -0.05) is 23.7 Å². The molecule has 4 nitrogen and oxygen atoms in total. The first-order chi connectivity index (χ1) is 10.2. The van der Waals surface area contributed by atoms with Gasteiger partial charge < -0.3 is 10.1 Å². The molecule has 1 heterocycles. The van der Waals surface area contributed by atoms with Crippen molar-refractivity contribution < 1.29 is 4.74 Å². The number of halogens is 1. The summed E-state index contributed by atoms with van der Waals surface area (Å²) in [5.41, 5.74) is 0.904. The van der Waals surface area contributed by atoms with Gasteiger partial charge in [0.2, 0.25) is 5.88 Å². The van der Waals surface area contributed by atoms with Gasteiger partial charge in [-0.3, -0.25) is 0 Å². The normalized spacial score (nSPS) is 14.0. The SMILES string of the molecule is CCNc1nc(C2CC2)nc(Oc2ccccc2Cl)c1C. The van der Waals surface area contributed by atoms with Gasteiger partial charge in [0.1, 0.15) is 17.4 Å². The number of nitrogens with one attached hydrogen (secondary N) is 1. The number of hydrogen-bond donors (Lipinski definition) is 1. The highest BCUT2D eigenvalue weighted by molar-refractivity contribution is 6.32. The third kappa shape index (κ3) is 3.10. The van der Waals surface area contributed by atoms with Crippen LogP contribution in [-0.2, 0) is 0 Å². The summed E-state index contributed by atoms with van der Waals surface area (Å²) >= 11 is 6.16. The number of benzene rings is 1. The molecule has 0 radical (unpaired) electrons. The number of nitrogens with zero attached hydrogens (tertiary/aromatic N) is 2. The molecule has 0 atom stereocenters. The molecule has 3 rings (SSSR count). The maximum Gasteiger partial charge on any atom is 0.227 e. The molecular formula is C16H18ClN3O. The van der Waals surface area contributed by atoms with E-state index in [2.05, 4.69) is 15.3 Å². The Labute approximate surface area is 129 Å². The molecular weight excluding hydrogens is 286 g/mol. The van der Waals surface area contributed by atoms with Crippen LogP contribution in [0.3, 0.4) is 0 Å². The van der Waals surface area contributed by atoms with Crippen molar-refractivity contribution in [1.29, 1.82) is 0 Å². The van der Waals surface area contributed by atoms with Crippen LogP contribution in [0.15, 0.2) is 24.3 Å². The second-order valence-corrected chi connectivity index (χ2v) is 5.60. The summed E-state index contributed by atoms with van der Waals surface area (Å²) in [4.78, 5) is 9.20. The van der Waals surface area contributed by atoms with E-state index >= 15 is 0 Å². The number of anilines is 1. The van der Waals surface area contributed by atoms with Crippen molar-refractivity contribution >= 4 is 17.4 Å². The minimum Gasteiger partial charge on any atom is -0.437 e. The van der Waals surface area contributed by atoms with E-state index in [1.54, 1.807) is 6.07 Å². The van der Waals surface area contributed by atoms with Crippen molar-refractivity contribution in [2.45, 2.75) is 32.6 Å². The van der Waals surface area contributed by atoms with Gasteiger partial charge in [0.05, 0.1) is 10.6 Å². The number of aromatic nitrogens is 2. The van der Waals surface area contributed by atoms with Crippen molar-refractivity contribution in [3.8, 4) is 11.6 Å². The van der Waals surface area contributed by atoms with E-state index < -0.39 is 0 Å². The summed E-state index contributed by atoms with van der Waals surface area (Å²) in [7, 11) is 0. The van der Waals surface area contributed by atoms with Gasteiger partial charge in [0.25, 0.3) is 0 Å². The zero-order chi connectivity index (χ0) is 14.8. The smallest absolute Gasteiger partial charge is 0.227 e. The molecule has 2 aromatic rings. The van der Waals surface area contributed by atoms with Crippen LogP contribution in [0.25, 0.3) is 0 Å². The maximum absolute atomic E-state index is 6.16. The molecule has 1 aliphatic carbocycles. The fourth-order valence-electron chi connectivity index (χ4n) is 2.11. The fraction of sp³-hybridized carbons (Fsp3) is 0.375. The van der Waals surface area contributed by atoms with Crippen LogP contribution in [0, 0.1) is 6.92 Å². The molecule has 0 amide bonds. The lowest BCUT2D eigenvalue weighted by atomic mass is 10.3. The lowest BCUT2D eigenvalue weighted by molar-refractivity contribution is 0.455. The van der Waals surface area contributed by atoms with Crippen LogP contribution in [0.5, 0.6) is 11.6 Å². The van der Waals surface area contributed by atoms with Gasteiger partial charge in [-0.2, -0.15) is 4.98 Å². The maximum atomic E-state index is 6.16. The highest BCUT2D eigenvalue weighted by Gasteiger charge is 2.28. The number of para-hydroxylation sites is 1. The first-order valence-corrected chi connectivity index (χ1v) is 7.61. The first kappa shape index (κ1) is 14.1. The monoisotopic (exact) mass is 303 g/mol. The average Bonchev–Trinajstić information content (AvgIpc) is 3.30. The summed E-state index contributed by atoms with van der Waals surface area (Å²) in [6.45, 7) is 4.82. The molecule has 1 saturated carbocycles. The molecule has 1 aliphatic rings. The minimum absolute atomic E-state index is 0.469. The Morgan fingerprint density at radius 2 is 2.05 bits per heavy atom. The lowest BCUT2D eigenvalue weighted by Gasteiger charge is -2.14. The van der Waals surface area contributed by atoms with Gasteiger partial charge in [-0.25, -0.2) is 4.98 Å². The van der Waals surface area contributed by atoms with Crippen LogP contribution in [-0.4, -0.2) is 16.5 Å². The second kappa shape index (κ2) is 5.90. The van der Waals surface area contributed by atoms with Crippen molar-refractivity contribution in [3.05, 3.63) is 40.7 Å². The van der Waals surface area contributed by atoms with Crippen LogP contribution < -0.4 is 10.1 Å². The molecule has 110 valence electrons. The van der Waals surface area contributed by atoms with E-state index in [-0.39, 0.29) is 0 Å². The average molecular weight is 304 g/mol. The topological polar surface area (TPSA) is 47.0 Å².